The van der Waals surface area contributed by atoms with Crippen molar-refractivity contribution < 1.29 is 9.18 Å². The summed E-state index contributed by atoms with van der Waals surface area (Å²) in [5.41, 5.74) is 2.25. The molecule has 1 heterocycles. The monoisotopic (exact) mass is 287 g/mol. The Morgan fingerprint density at radius 3 is 2.65 bits per heavy atom. The summed E-state index contributed by atoms with van der Waals surface area (Å²) < 4.78 is 12.8. The fourth-order valence-corrected chi connectivity index (χ4v) is 2.38. The molecule has 0 saturated carbocycles. The molecule has 4 heteroatoms. The zero-order valence-corrected chi connectivity index (χ0v) is 11.2. The number of carbonyl (C=O) groups is 1. The second kappa shape index (κ2) is 5.10. The molecule has 3 rings (SSSR count). The Balaban J connectivity index is 1.91. The number of hydrogen-bond acceptors (Lipinski definition) is 1. The molecule has 2 nitrogen and oxygen atoms in total. The van der Waals surface area contributed by atoms with Gasteiger partial charge in [0.05, 0.1) is 0 Å². The highest BCUT2D eigenvalue weighted by Crippen LogP contribution is 2.23. The number of hydrogen-bond donors (Lipinski definition) is 1. The van der Waals surface area contributed by atoms with Gasteiger partial charge in [0, 0.05) is 34.1 Å². The molecule has 3 aromatic rings. The van der Waals surface area contributed by atoms with Crippen molar-refractivity contribution in [2.24, 2.45) is 0 Å². The summed E-state index contributed by atoms with van der Waals surface area (Å²) >= 11 is 5.91. The molecule has 0 spiro atoms. The Morgan fingerprint density at radius 2 is 1.90 bits per heavy atom. The van der Waals surface area contributed by atoms with E-state index in [4.69, 9.17) is 11.6 Å². The number of nitrogens with one attached hydrogen (secondary N) is 1. The van der Waals surface area contributed by atoms with Crippen molar-refractivity contribution in [3.8, 4) is 0 Å². The number of aromatic amines is 1. The first-order valence-corrected chi connectivity index (χ1v) is 6.55. The van der Waals surface area contributed by atoms with Crippen LogP contribution in [-0.2, 0) is 6.42 Å². The molecule has 2 aromatic carbocycles. The van der Waals surface area contributed by atoms with Crippen molar-refractivity contribution in [2.75, 3.05) is 0 Å². The first-order valence-electron chi connectivity index (χ1n) is 6.18. The van der Waals surface area contributed by atoms with E-state index in [0.29, 0.717) is 10.6 Å². The summed E-state index contributed by atoms with van der Waals surface area (Å²) in [4.78, 5) is 15.4. The maximum absolute atomic E-state index is 12.8. The third kappa shape index (κ3) is 2.45. The highest BCUT2D eigenvalue weighted by Gasteiger charge is 2.12. The first-order chi connectivity index (χ1) is 9.63. The number of ketones is 1. The van der Waals surface area contributed by atoms with Gasteiger partial charge in [-0.2, -0.15) is 0 Å². The van der Waals surface area contributed by atoms with E-state index in [-0.39, 0.29) is 18.0 Å². The van der Waals surface area contributed by atoms with Gasteiger partial charge in [-0.05, 0) is 29.8 Å². The fraction of sp³-hybridized carbons (Fsp3) is 0.0625. The molecule has 20 heavy (non-hydrogen) atoms. The molecule has 1 N–H and O–H groups in total. The Hall–Kier alpha value is -2.13. The van der Waals surface area contributed by atoms with Gasteiger partial charge in [-0.1, -0.05) is 29.8 Å². The van der Waals surface area contributed by atoms with E-state index in [1.807, 2.05) is 6.07 Å². The van der Waals surface area contributed by atoms with Crippen LogP contribution in [0, 0.1) is 5.82 Å². The van der Waals surface area contributed by atoms with E-state index in [9.17, 15) is 9.18 Å². The second-order valence-corrected chi connectivity index (χ2v) is 5.06. The van der Waals surface area contributed by atoms with Gasteiger partial charge in [0.2, 0.25) is 0 Å². The van der Waals surface area contributed by atoms with Crippen molar-refractivity contribution in [1.29, 1.82) is 0 Å². The van der Waals surface area contributed by atoms with Gasteiger partial charge in [0.25, 0.3) is 0 Å². The van der Waals surface area contributed by atoms with Gasteiger partial charge in [-0.25, -0.2) is 4.39 Å². The molecule has 0 bridgehead atoms. The molecular formula is C16H11ClFNO. The lowest BCUT2D eigenvalue weighted by molar-refractivity contribution is 0.0994. The number of fused-ring (bicyclic) bond motifs is 1. The summed E-state index contributed by atoms with van der Waals surface area (Å²) in [6.07, 6.45) is 1.93. The number of carbonyl (C=O) groups excluding carboxylic acids is 1. The highest BCUT2D eigenvalue weighted by molar-refractivity contribution is 6.31. The number of Topliss-reactive ketones (excluding diaryl/α,β-unsaturated/α-hetero) is 1. The van der Waals surface area contributed by atoms with Gasteiger partial charge >= 0.3 is 0 Å². The lowest BCUT2D eigenvalue weighted by Crippen LogP contribution is -2.02. The minimum Gasteiger partial charge on any atom is -0.360 e. The highest BCUT2D eigenvalue weighted by atomic mass is 35.5. The number of H-pyrrole nitrogens is 1. The fourth-order valence-electron chi connectivity index (χ4n) is 2.21. The third-order valence-electron chi connectivity index (χ3n) is 3.22. The molecule has 0 saturated heterocycles. The first kappa shape index (κ1) is 12.9. The van der Waals surface area contributed by atoms with E-state index in [1.165, 1.54) is 12.1 Å². The molecule has 0 atom stereocenters. The van der Waals surface area contributed by atoms with Gasteiger partial charge in [-0.15, -0.1) is 0 Å². The molecule has 100 valence electrons. The van der Waals surface area contributed by atoms with Crippen molar-refractivity contribution in [1.82, 2.24) is 4.98 Å². The minimum atomic E-state index is -0.303. The number of aromatic nitrogens is 1. The number of rotatable bonds is 3. The van der Waals surface area contributed by atoms with Crippen molar-refractivity contribution in [3.05, 3.63) is 70.6 Å². The normalized spacial score (nSPS) is 10.9. The largest absolute Gasteiger partial charge is 0.360 e. The minimum absolute atomic E-state index is 0.00909. The molecule has 0 radical (unpaired) electrons. The van der Waals surface area contributed by atoms with E-state index in [1.54, 1.807) is 30.5 Å². The van der Waals surface area contributed by atoms with Gasteiger partial charge in [0.1, 0.15) is 5.82 Å². The Labute approximate surface area is 120 Å². The van der Waals surface area contributed by atoms with E-state index in [0.717, 1.165) is 16.5 Å². The second-order valence-electron chi connectivity index (χ2n) is 4.62. The van der Waals surface area contributed by atoms with Gasteiger partial charge < -0.3 is 4.98 Å². The molecule has 0 fully saturated rings. The van der Waals surface area contributed by atoms with Crippen LogP contribution in [0.3, 0.4) is 0 Å². The summed E-state index contributed by atoms with van der Waals surface area (Å²) in [6.45, 7) is 0. The van der Waals surface area contributed by atoms with Crippen molar-refractivity contribution >= 4 is 28.3 Å². The number of benzene rings is 2. The van der Waals surface area contributed by atoms with Crippen LogP contribution in [0.2, 0.25) is 5.02 Å². The third-order valence-corrected chi connectivity index (χ3v) is 3.46. The maximum atomic E-state index is 12.8. The van der Waals surface area contributed by atoms with Gasteiger partial charge in [-0.3, -0.25) is 4.79 Å². The van der Waals surface area contributed by atoms with Crippen LogP contribution in [0.15, 0.2) is 48.7 Å². The standard InChI is InChI=1S/C16H11ClFNO/c17-11-3-6-13-14(9-19-15(13)8-11)16(20)7-10-1-4-12(18)5-2-10/h1-6,8-9,19H,7H2. The van der Waals surface area contributed by atoms with Crippen molar-refractivity contribution in [2.45, 2.75) is 6.42 Å². The molecule has 0 amide bonds. The zero-order valence-electron chi connectivity index (χ0n) is 10.5. The molecule has 0 aliphatic heterocycles. The quantitative estimate of drug-likeness (QED) is 0.712. The predicted molar refractivity (Wildman–Crippen MR) is 77.7 cm³/mol. The summed E-state index contributed by atoms with van der Waals surface area (Å²) in [5, 5.41) is 1.47. The predicted octanol–water partition coefficient (Wildman–Crippen LogP) is 4.39. The summed E-state index contributed by atoms with van der Waals surface area (Å²) in [5.74, 6) is -0.312. The Morgan fingerprint density at radius 1 is 1.15 bits per heavy atom. The Bertz CT molecular complexity index is 777. The van der Waals surface area contributed by atoms with Crippen molar-refractivity contribution in [3.63, 3.8) is 0 Å². The smallest absolute Gasteiger partial charge is 0.169 e. The van der Waals surface area contributed by atoms with Gasteiger partial charge in [0.15, 0.2) is 5.78 Å². The van der Waals surface area contributed by atoms with Crippen LogP contribution < -0.4 is 0 Å². The number of halogens is 2. The maximum Gasteiger partial charge on any atom is 0.169 e. The summed E-state index contributed by atoms with van der Waals surface area (Å²) in [6, 6.07) is 11.3. The molecule has 0 aliphatic rings. The van der Waals surface area contributed by atoms with Crippen LogP contribution in [0.1, 0.15) is 15.9 Å². The van der Waals surface area contributed by atoms with E-state index >= 15 is 0 Å². The topological polar surface area (TPSA) is 32.9 Å². The molecular weight excluding hydrogens is 277 g/mol. The lowest BCUT2D eigenvalue weighted by atomic mass is 10.0. The van der Waals surface area contributed by atoms with Crippen LogP contribution in [0.4, 0.5) is 4.39 Å². The summed E-state index contributed by atoms with van der Waals surface area (Å²) in [7, 11) is 0. The SMILES string of the molecule is O=C(Cc1ccc(F)cc1)c1c[nH]c2cc(Cl)ccc12. The van der Waals surface area contributed by atoms with Crippen LogP contribution in [-0.4, -0.2) is 10.8 Å². The van der Waals surface area contributed by atoms with E-state index in [2.05, 4.69) is 4.98 Å². The van der Waals surface area contributed by atoms with E-state index < -0.39 is 0 Å². The Kier molecular flexibility index (Phi) is 3.28. The lowest BCUT2D eigenvalue weighted by Gasteiger charge is -2.01. The molecule has 0 unspecified atom stereocenters. The average Bonchev–Trinajstić information content (AvgIpc) is 2.84. The zero-order chi connectivity index (χ0) is 14.1. The molecule has 1 aromatic heterocycles. The van der Waals surface area contributed by atoms with Crippen LogP contribution in [0.5, 0.6) is 0 Å². The van der Waals surface area contributed by atoms with Crippen LogP contribution >= 0.6 is 11.6 Å². The van der Waals surface area contributed by atoms with Crippen LogP contribution in [0.25, 0.3) is 10.9 Å². The average molecular weight is 288 g/mol. The molecule has 0 aliphatic carbocycles.